The van der Waals surface area contributed by atoms with E-state index in [0.717, 1.165) is 61.8 Å². The first-order valence-corrected chi connectivity index (χ1v) is 16.5. The Kier molecular flexibility index (Phi) is 4.78. The van der Waals surface area contributed by atoms with Crippen molar-refractivity contribution in [1.29, 1.82) is 0 Å². The van der Waals surface area contributed by atoms with Gasteiger partial charge in [-0.2, -0.15) is 0 Å². The zero-order chi connectivity index (χ0) is 29.9. The molecule has 4 heterocycles. The SMILES string of the molecule is c1ccc2c(c1)CC(c1ccc(-n3c4ccccc4c4c5c(ccc43)sc3ccccc35)c3c1ccc1c4ccccc4oc13)=N2. The van der Waals surface area contributed by atoms with Crippen LogP contribution in [-0.2, 0) is 6.42 Å². The van der Waals surface area contributed by atoms with Crippen LogP contribution in [0.3, 0.4) is 0 Å². The van der Waals surface area contributed by atoms with Gasteiger partial charge < -0.3 is 8.98 Å². The zero-order valence-electron chi connectivity index (χ0n) is 24.6. The fraction of sp³-hybridized carbons (Fsp3) is 0.0238. The Morgan fingerprint density at radius 1 is 0.543 bits per heavy atom. The van der Waals surface area contributed by atoms with Crippen molar-refractivity contribution in [3.8, 4) is 5.69 Å². The second kappa shape index (κ2) is 8.94. The molecule has 1 aliphatic heterocycles. The summed E-state index contributed by atoms with van der Waals surface area (Å²) in [5.41, 5.74) is 9.91. The Hall–Kier alpha value is -5.71. The maximum Gasteiger partial charge on any atom is 0.145 e. The van der Waals surface area contributed by atoms with Crippen molar-refractivity contribution in [1.82, 2.24) is 4.57 Å². The van der Waals surface area contributed by atoms with Crippen LogP contribution >= 0.6 is 11.3 Å². The molecule has 0 spiro atoms. The van der Waals surface area contributed by atoms with Gasteiger partial charge in [-0.05, 0) is 59.5 Å². The van der Waals surface area contributed by atoms with E-state index in [9.17, 15) is 0 Å². The van der Waals surface area contributed by atoms with Gasteiger partial charge in [0.15, 0.2) is 0 Å². The summed E-state index contributed by atoms with van der Waals surface area (Å²) in [6, 6.07) is 48.2. The number of hydrogen-bond donors (Lipinski definition) is 0. The summed E-state index contributed by atoms with van der Waals surface area (Å²) in [6.45, 7) is 0. The molecule has 214 valence electrons. The maximum atomic E-state index is 6.77. The Morgan fingerprint density at radius 2 is 1.33 bits per heavy atom. The van der Waals surface area contributed by atoms with E-state index in [1.807, 2.05) is 17.4 Å². The summed E-state index contributed by atoms with van der Waals surface area (Å²) in [6.07, 6.45) is 0.821. The topological polar surface area (TPSA) is 30.4 Å². The second-order valence-electron chi connectivity index (χ2n) is 12.2. The van der Waals surface area contributed by atoms with Crippen molar-refractivity contribution in [3.63, 3.8) is 0 Å². The first-order valence-electron chi connectivity index (χ1n) is 15.7. The van der Waals surface area contributed by atoms with Gasteiger partial charge in [0.2, 0.25) is 0 Å². The molecule has 1 aliphatic rings. The van der Waals surface area contributed by atoms with E-state index in [2.05, 4.69) is 132 Å². The molecule has 0 atom stereocenters. The van der Waals surface area contributed by atoms with Crippen LogP contribution in [0.25, 0.3) is 80.4 Å². The lowest BCUT2D eigenvalue weighted by Crippen LogP contribution is -2.04. The fourth-order valence-electron chi connectivity index (χ4n) is 7.87. The molecule has 4 heteroatoms. The van der Waals surface area contributed by atoms with Gasteiger partial charge in [0, 0.05) is 59.1 Å². The van der Waals surface area contributed by atoms with E-state index >= 15 is 0 Å². The van der Waals surface area contributed by atoms with Crippen molar-refractivity contribution in [3.05, 3.63) is 145 Å². The molecule has 3 aromatic heterocycles. The Labute approximate surface area is 267 Å². The lowest BCUT2D eigenvalue weighted by Gasteiger charge is -2.15. The molecular weight excluding hydrogens is 581 g/mol. The highest BCUT2D eigenvalue weighted by atomic mass is 32.1. The molecule has 11 rings (SSSR count). The molecular formula is C42H24N2OS. The van der Waals surface area contributed by atoms with E-state index < -0.39 is 0 Å². The van der Waals surface area contributed by atoms with E-state index in [0.29, 0.717) is 0 Å². The van der Waals surface area contributed by atoms with Crippen LogP contribution in [0.5, 0.6) is 0 Å². The molecule has 0 saturated carbocycles. The Balaban J connectivity index is 1.31. The minimum Gasteiger partial charge on any atom is -0.455 e. The third kappa shape index (κ3) is 3.19. The van der Waals surface area contributed by atoms with Gasteiger partial charge in [-0.25, -0.2) is 0 Å². The molecule has 46 heavy (non-hydrogen) atoms. The molecule has 3 nitrogen and oxygen atoms in total. The molecule has 0 radical (unpaired) electrons. The van der Waals surface area contributed by atoms with E-state index in [1.165, 1.54) is 47.5 Å². The number of para-hydroxylation sites is 3. The molecule has 0 N–H and O–H groups in total. The van der Waals surface area contributed by atoms with Gasteiger partial charge in [-0.1, -0.05) is 84.9 Å². The van der Waals surface area contributed by atoms with Crippen molar-refractivity contribution in [2.75, 3.05) is 0 Å². The van der Waals surface area contributed by atoms with Crippen LogP contribution in [0.1, 0.15) is 11.1 Å². The van der Waals surface area contributed by atoms with Crippen LogP contribution in [-0.4, -0.2) is 10.3 Å². The van der Waals surface area contributed by atoms with Crippen LogP contribution < -0.4 is 0 Å². The predicted octanol–water partition coefficient (Wildman–Crippen LogP) is 11.9. The number of thiophene rings is 1. The summed E-state index contributed by atoms with van der Waals surface area (Å²) < 4.78 is 11.9. The number of aliphatic imine (C=N–C) groups is 1. The molecule has 0 unspecified atom stereocenters. The van der Waals surface area contributed by atoms with Gasteiger partial charge in [0.05, 0.1) is 28.1 Å². The highest BCUT2D eigenvalue weighted by Crippen LogP contribution is 2.46. The van der Waals surface area contributed by atoms with Crippen molar-refractivity contribution in [2.45, 2.75) is 6.42 Å². The smallest absolute Gasteiger partial charge is 0.145 e. The van der Waals surface area contributed by atoms with Gasteiger partial charge in [0.25, 0.3) is 0 Å². The number of rotatable bonds is 2. The first-order chi connectivity index (χ1) is 22.8. The summed E-state index contributed by atoms with van der Waals surface area (Å²) in [4.78, 5) is 5.12. The molecule has 10 aromatic rings. The molecule has 7 aromatic carbocycles. The zero-order valence-corrected chi connectivity index (χ0v) is 25.4. The van der Waals surface area contributed by atoms with E-state index in [4.69, 9.17) is 9.41 Å². The quantitative estimate of drug-likeness (QED) is 0.193. The van der Waals surface area contributed by atoms with E-state index in [-0.39, 0.29) is 0 Å². The summed E-state index contributed by atoms with van der Waals surface area (Å²) >= 11 is 1.87. The normalized spacial score (nSPS) is 13.3. The minimum atomic E-state index is 0.821. The van der Waals surface area contributed by atoms with Gasteiger partial charge in [0.1, 0.15) is 11.2 Å². The van der Waals surface area contributed by atoms with E-state index in [1.54, 1.807) is 0 Å². The average Bonchev–Trinajstić information content (AvgIpc) is 3.87. The number of nitrogens with zero attached hydrogens (tertiary/aromatic N) is 2. The number of hydrogen-bond acceptors (Lipinski definition) is 3. The Bertz CT molecular complexity index is 2950. The Morgan fingerprint density at radius 3 is 2.26 bits per heavy atom. The summed E-state index contributed by atoms with van der Waals surface area (Å²) in [5, 5.41) is 9.74. The van der Waals surface area contributed by atoms with Crippen molar-refractivity contribution < 1.29 is 4.42 Å². The lowest BCUT2D eigenvalue weighted by atomic mass is 9.95. The predicted molar refractivity (Wildman–Crippen MR) is 195 cm³/mol. The summed E-state index contributed by atoms with van der Waals surface area (Å²) in [7, 11) is 0. The third-order valence-corrected chi connectivity index (χ3v) is 11.0. The standard InChI is InChI=1S/C42H24N2OS/c1-5-13-31-24(9-1)23-32(43-31)25-19-20-35(40-27(25)17-18-28-26-10-3-7-15-36(26)45-42(28)40)44-33-14-6-2-11-29(33)39-34(44)21-22-38-41(39)30-12-4-8-16-37(30)46-38/h1-22H,23H2. The van der Waals surface area contributed by atoms with Gasteiger partial charge in [-0.3, -0.25) is 4.99 Å². The van der Waals surface area contributed by atoms with Crippen molar-refractivity contribution >= 4 is 97.4 Å². The molecule has 0 amide bonds. The highest BCUT2D eigenvalue weighted by Gasteiger charge is 2.24. The number of aromatic nitrogens is 1. The van der Waals surface area contributed by atoms with Crippen LogP contribution in [0.2, 0.25) is 0 Å². The highest BCUT2D eigenvalue weighted by molar-refractivity contribution is 7.26. The number of fused-ring (bicyclic) bond motifs is 13. The van der Waals surface area contributed by atoms with Crippen LogP contribution in [0.15, 0.2) is 143 Å². The molecule has 0 bridgehead atoms. The van der Waals surface area contributed by atoms with Crippen molar-refractivity contribution in [2.24, 2.45) is 4.99 Å². The number of furan rings is 1. The second-order valence-corrected chi connectivity index (χ2v) is 13.3. The monoisotopic (exact) mass is 604 g/mol. The summed E-state index contributed by atoms with van der Waals surface area (Å²) in [5.74, 6) is 0. The third-order valence-electron chi connectivity index (χ3n) is 9.83. The molecule has 0 fully saturated rings. The molecule has 0 saturated heterocycles. The average molecular weight is 605 g/mol. The first kappa shape index (κ1) is 24.6. The maximum absolute atomic E-state index is 6.77. The molecule has 0 aliphatic carbocycles. The lowest BCUT2D eigenvalue weighted by molar-refractivity contribution is 0.672. The number of benzene rings is 7. The van der Waals surface area contributed by atoms with Gasteiger partial charge >= 0.3 is 0 Å². The largest absolute Gasteiger partial charge is 0.455 e. The van der Waals surface area contributed by atoms with Crippen LogP contribution in [0, 0.1) is 0 Å². The van der Waals surface area contributed by atoms with Crippen LogP contribution in [0.4, 0.5) is 5.69 Å². The fourth-order valence-corrected chi connectivity index (χ4v) is 8.98. The van der Waals surface area contributed by atoms with Gasteiger partial charge in [-0.15, -0.1) is 11.3 Å². The minimum absolute atomic E-state index is 0.821.